The highest BCUT2D eigenvalue weighted by atomic mass is 32.2. The first kappa shape index (κ1) is 14.9. The molecule has 20 heavy (non-hydrogen) atoms. The van der Waals surface area contributed by atoms with E-state index >= 15 is 0 Å². The van der Waals surface area contributed by atoms with E-state index in [2.05, 4.69) is 29.7 Å². The number of rotatable bonds is 6. The van der Waals surface area contributed by atoms with Crippen LogP contribution in [0, 0.1) is 0 Å². The normalized spacial score (nSPS) is 12.8. The number of nitrogens with zero attached hydrogens (tertiary/aromatic N) is 2. The van der Waals surface area contributed by atoms with E-state index in [-0.39, 0.29) is 0 Å². The lowest BCUT2D eigenvalue weighted by atomic mass is 10.2. The molecule has 0 aliphatic rings. The SMILES string of the molecule is CCc1nc2cc(C(=O)O)ccc2n1C(CC)CSC. The molecular formula is C15H20N2O2S. The van der Waals surface area contributed by atoms with Crippen LogP contribution in [0.25, 0.3) is 11.0 Å². The van der Waals surface area contributed by atoms with E-state index in [9.17, 15) is 4.79 Å². The van der Waals surface area contributed by atoms with E-state index in [1.54, 1.807) is 12.1 Å². The molecule has 1 atom stereocenters. The van der Waals surface area contributed by atoms with Crippen molar-refractivity contribution in [2.24, 2.45) is 0 Å². The number of fused-ring (bicyclic) bond motifs is 1. The summed E-state index contributed by atoms with van der Waals surface area (Å²) in [6.45, 7) is 4.26. The molecule has 1 N–H and O–H groups in total. The second kappa shape index (κ2) is 6.31. The summed E-state index contributed by atoms with van der Waals surface area (Å²) in [5.41, 5.74) is 2.11. The van der Waals surface area contributed by atoms with Crippen LogP contribution in [0.2, 0.25) is 0 Å². The molecule has 1 heterocycles. The fourth-order valence-electron chi connectivity index (χ4n) is 2.51. The molecule has 1 aromatic carbocycles. The van der Waals surface area contributed by atoms with Crippen LogP contribution in [-0.4, -0.2) is 32.6 Å². The third-order valence-corrected chi connectivity index (χ3v) is 4.24. The van der Waals surface area contributed by atoms with Gasteiger partial charge in [0.05, 0.1) is 16.6 Å². The number of hydrogen-bond donors (Lipinski definition) is 1. The Morgan fingerprint density at radius 2 is 2.20 bits per heavy atom. The molecule has 0 saturated carbocycles. The van der Waals surface area contributed by atoms with Crippen LogP contribution in [0.3, 0.4) is 0 Å². The van der Waals surface area contributed by atoms with Crippen molar-refractivity contribution in [1.82, 2.24) is 9.55 Å². The fourth-order valence-corrected chi connectivity index (χ4v) is 3.28. The molecular weight excluding hydrogens is 272 g/mol. The van der Waals surface area contributed by atoms with Crippen molar-refractivity contribution in [3.05, 3.63) is 29.6 Å². The minimum Gasteiger partial charge on any atom is -0.478 e. The van der Waals surface area contributed by atoms with Gasteiger partial charge in [0.15, 0.2) is 0 Å². The number of carboxylic acids is 1. The highest BCUT2D eigenvalue weighted by Gasteiger charge is 2.17. The van der Waals surface area contributed by atoms with E-state index in [0.717, 1.165) is 35.5 Å². The van der Waals surface area contributed by atoms with Gasteiger partial charge in [0, 0.05) is 18.2 Å². The smallest absolute Gasteiger partial charge is 0.335 e. The average Bonchev–Trinajstić information content (AvgIpc) is 2.82. The Balaban J connectivity index is 2.60. The lowest BCUT2D eigenvalue weighted by molar-refractivity contribution is 0.0697. The molecule has 5 heteroatoms. The van der Waals surface area contributed by atoms with Crippen LogP contribution in [0.15, 0.2) is 18.2 Å². The standard InChI is InChI=1S/C15H20N2O2S/c1-4-11(9-20-3)17-13-7-6-10(15(18)19)8-12(13)16-14(17)5-2/h6-8,11H,4-5,9H2,1-3H3,(H,18,19). The van der Waals surface area contributed by atoms with Crippen molar-refractivity contribution < 1.29 is 9.90 Å². The Labute approximate surface area is 123 Å². The van der Waals surface area contributed by atoms with Crippen molar-refractivity contribution >= 4 is 28.8 Å². The summed E-state index contributed by atoms with van der Waals surface area (Å²) in [6, 6.07) is 5.61. The third-order valence-electron chi connectivity index (χ3n) is 3.52. The first-order valence-corrected chi connectivity index (χ1v) is 8.24. The van der Waals surface area contributed by atoms with Crippen molar-refractivity contribution in [3.63, 3.8) is 0 Å². The number of carboxylic acid groups (broad SMARTS) is 1. The number of hydrogen-bond acceptors (Lipinski definition) is 3. The maximum absolute atomic E-state index is 11.1. The van der Waals surface area contributed by atoms with Gasteiger partial charge in [-0.25, -0.2) is 9.78 Å². The molecule has 1 aromatic heterocycles. The predicted octanol–water partition coefficient (Wildman–Crippen LogP) is 3.61. The molecule has 2 rings (SSSR count). The Bertz CT molecular complexity index is 622. The second-order valence-electron chi connectivity index (χ2n) is 4.78. The van der Waals surface area contributed by atoms with Gasteiger partial charge in [0.25, 0.3) is 0 Å². The van der Waals surface area contributed by atoms with Crippen molar-refractivity contribution in [1.29, 1.82) is 0 Å². The second-order valence-corrected chi connectivity index (χ2v) is 5.69. The molecule has 0 aliphatic heterocycles. The average molecular weight is 292 g/mol. The Morgan fingerprint density at radius 3 is 2.75 bits per heavy atom. The van der Waals surface area contributed by atoms with Crippen LogP contribution in [0.4, 0.5) is 0 Å². The Morgan fingerprint density at radius 1 is 1.45 bits per heavy atom. The van der Waals surface area contributed by atoms with Crippen LogP contribution < -0.4 is 0 Å². The maximum atomic E-state index is 11.1. The number of aryl methyl sites for hydroxylation is 1. The first-order chi connectivity index (χ1) is 9.62. The van der Waals surface area contributed by atoms with Crippen LogP contribution in [0.1, 0.15) is 42.5 Å². The van der Waals surface area contributed by atoms with Gasteiger partial charge in [0.1, 0.15) is 5.82 Å². The summed E-state index contributed by atoms with van der Waals surface area (Å²) in [7, 11) is 0. The number of aromatic carboxylic acids is 1. The molecule has 0 fully saturated rings. The number of carbonyl (C=O) groups is 1. The molecule has 108 valence electrons. The summed E-state index contributed by atoms with van der Waals surface area (Å²) in [6.07, 6.45) is 4.00. The highest BCUT2D eigenvalue weighted by Crippen LogP contribution is 2.26. The molecule has 0 aliphatic carbocycles. The van der Waals surface area contributed by atoms with Gasteiger partial charge in [-0.1, -0.05) is 13.8 Å². The van der Waals surface area contributed by atoms with Gasteiger partial charge < -0.3 is 9.67 Å². The molecule has 0 saturated heterocycles. The maximum Gasteiger partial charge on any atom is 0.335 e. The Kier molecular flexibility index (Phi) is 4.70. The summed E-state index contributed by atoms with van der Waals surface area (Å²) in [5.74, 6) is 1.16. The zero-order valence-corrected chi connectivity index (χ0v) is 12.9. The zero-order valence-electron chi connectivity index (χ0n) is 12.1. The van der Waals surface area contributed by atoms with Crippen LogP contribution in [0.5, 0.6) is 0 Å². The van der Waals surface area contributed by atoms with Crippen molar-refractivity contribution in [2.75, 3.05) is 12.0 Å². The van der Waals surface area contributed by atoms with E-state index in [1.807, 2.05) is 17.8 Å². The summed E-state index contributed by atoms with van der Waals surface area (Å²) in [5, 5.41) is 9.08. The minimum atomic E-state index is -0.907. The van der Waals surface area contributed by atoms with Gasteiger partial charge in [0.2, 0.25) is 0 Å². The number of aromatic nitrogens is 2. The largest absolute Gasteiger partial charge is 0.478 e. The van der Waals surface area contributed by atoms with E-state index in [1.165, 1.54) is 0 Å². The van der Waals surface area contributed by atoms with E-state index < -0.39 is 5.97 Å². The monoisotopic (exact) mass is 292 g/mol. The predicted molar refractivity (Wildman–Crippen MR) is 83.8 cm³/mol. The summed E-state index contributed by atoms with van der Waals surface area (Å²) < 4.78 is 2.28. The van der Waals surface area contributed by atoms with Crippen molar-refractivity contribution in [2.45, 2.75) is 32.7 Å². The quantitative estimate of drug-likeness (QED) is 0.883. The van der Waals surface area contributed by atoms with E-state index in [4.69, 9.17) is 5.11 Å². The van der Waals surface area contributed by atoms with Gasteiger partial charge in [-0.2, -0.15) is 11.8 Å². The molecule has 0 amide bonds. The topological polar surface area (TPSA) is 55.1 Å². The summed E-state index contributed by atoms with van der Waals surface area (Å²) >= 11 is 1.83. The van der Waals surface area contributed by atoms with Crippen LogP contribution >= 0.6 is 11.8 Å². The molecule has 1 unspecified atom stereocenters. The Hall–Kier alpha value is -1.49. The third kappa shape index (κ3) is 2.68. The van der Waals surface area contributed by atoms with Crippen molar-refractivity contribution in [3.8, 4) is 0 Å². The van der Waals surface area contributed by atoms with E-state index in [0.29, 0.717) is 11.6 Å². The first-order valence-electron chi connectivity index (χ1n) is 6.85. The van der Waals surface area contributed by atoms with Gasteiger partial charge in [-0.15, -0.1) is 0 Å². The van der Waals surface area contributed by atoms with Gasteiger partial charge in [-0.3, -0.25) is 0 Å². The molecule has 2 aromatic rings. The lowest BCUT2D eigenvalue weighted by Gasteiger charge is -2.19. The lowest BCUT2D eigenvalue weighted by Crippen LogP contribution is -2.13. The molecule has 0 bridgehead atoms. The minimum absolute atomic E-state index is 0.294. The van der Waals surface area contributed by atoms with Gasteiger partial charge >= 0.3 is 5.97 Å². The number of thioether (sulfide) groups is 1. The van der Waals surface area contributed by atoms with Crippen LogP contribution in [-0.2, 0) is 6.42 Å². The molecule has 0 radical (unpaired) electrons. The molecule has 4 nitrogen and oxygen atoms in total. The summed E-state index contributed by atoms with van der Waals surface area (Å²) in [4.78, 5) is 15.7. The fraction of sp³-hybridized carbons (Fsp3) is 0.467. The zero-order chi connectivity index (χ0) is 14.7. The molecule has 0 spiro atoms. The highest BCUT2D eigenvalue weighted by molar-refractivity contribution is 7.98. The number of benzene rings is 1. The van der Waals surface area contributed by atoms with Gasteiger partial charge in [-0.05, 0) is 30.9 Å². The number of imidazole rings is 1.